The number of nitrogens with zero attached hydrogens (tertiary/aromatic N) is 2. The Morgan fingerprint density at radius 2 is 1.03 bits per heavy atom. The molecule has 6 atom stereocenters. The second-order valence-electron chi connectivity index (χ2n) is 9.35. The topological polar surface area (TPSA) is 83.9 Å². The summed E-state index contributed by atoms with van der Waals surface area (Å²) in [5.41, 5.74) is 0. The van der Waals surface area contributed by atoms with E-state index in [1.807, 2.05) is 24.3 Å². The van der Waals surface area contributed by atoms with Crippen LogP contribution >= 0.6 is 0 Å². The van der Waals surface area contributed by atoms with E-state index in [0.717, 1.165) is 26.2 Å². The van der Waals surface area contributed by atoms with Crippen molar-refractivity contribution in [3.05, 3.63) is 24.3 Å². The summed E-state index contributed by atoms with van der Waals surface area (Å²) in [5, 5.41) is 20.7. The average molecular weight is 453 g/mol. The van der Waals surface area contributed by atoms with Gasteiger partial charge in [-0.25, -0.2) is 0 Å². The van der Waals surface area contributed by atoms with Gasteiger partial charge in [0.2, 0.25) is 0 Å². The van der Waals surface area contributed by atoms with Crippen molar-refractivity contribution >= 4 is 0 Å². The summed E-state index contributed by atoms with van der Waals surface area (Å²) in [5.74, 6) is 1.36. The van der Waals surface area contributed by atoms with Gasteiger partial charge in [0.15, 0.2) is 0 Å². The van der Waals surface area contributed by atoms with Gasteiger partial charge in [0.05, 0.1) is 24.4 Å². The van der Waals surface area contributed by atoms with Crippen LogP contribution in [0.1, 0.15) is 27.7 Å². The summed E-state index contributed by atoms with van der Waals surface area (Å²) >= 11 is 0. The third-order valence-electron chi connectivity index (χ3n) is 5.64. The van der Waals surface area contributed by atoms with Crippen LogP contribution in [0.5, 0.6) is 11.5 Å². The Morgan fingerprint density at radius 3 is 1.34 bits per heavy atom. The molecule has 1 aromatic rings. The van der Waals surface area contributed by atoms with Crippen LogP contribution in [0.3, 0.4) is 0 Å². The summed E-state index contributed by atoms with van der Waals surface area (Å²) in [6.45, 7) is 13.1. The minimum atomic E-state index is -0.566. The van der Waals surface area contributed by atoms with Gasteiger partial charge in [-0.05, 0) is 52.0 Å². The molecular weight excluding hydrogens is 412 g/mol. The summed E-state index contributed by atoms with van der Waals surface area (Å²) in [4.78, 5) is 4.43. The molecule has 8 nitrogen and oxygen atoms in total. The molecular formula is C24H40N2O6. The van der Waals surface area contributed by atoms with E-state index in [1.54, 1.807) is 0 Å². The van der Waals surface area contributed by atoms with Crippen molar-refractivity contribution in [1.82, 2.24) is 9.80 Å². The second-order valence-corrected chi connectivity index (χ2v) is 9.35. The van der Waals surface area contributed by atoms with Crippen molar-refractivity contribution in [3.63, 3.8) is 0 Å². The van der Waals surface area contributed by atoms with Gasteiger partial charge >= 0.3 is 0 Å². The Balaban J connectivity index is 1.34. The fourth-order valence-electron chi connectivity index (χ4n) is 4.59. The van der Waals surface area contributed by atoms with E-state index >= 15 is 0 Å². The van der Waals surface area contributed by atoms with Crippen molar-refractivity contribution in [2.45, 2.75) is 64.3 Å². The number of aliphatic hydroxyl groups is 2. The Kier molecular flexibility index (Phi) is 9.58. The van der Waals surface area contributed by atoms with E-state index in [9.17, 15) is 10.2 Å². The Bertz CT molecular complexity index is 598. The molecule has 8 heteroatoms. The monoisotopic (exact) mass is 452 g/mol. The molecule has 0 amide bonds. The van der Waals surface area contributed by atoms with Crippen molar-refractivity contribution in [3.8, 4) is 11.5 Å². The van der Waals surface area contributed by atoms with Crippen molar-refractivity contribution in [1.29, 1.82) is 0 Å². The number of benzene rings is 1. The number of morpholine rings is 2. The first-order valence-electron chi connectivity index (χ1n) is 11.7. The molecule has 1 aromatic carbocycles. The highest BCUT2D eigenvalue weighted by Crippen LogP contribution is 2.19. The molecule has 2 aliphatic heterocycles. The second kappa shape index (κ2) is 12.2. The SMILES string of the molecule is C[C@@H]1CN(C[C@H](O)COc2ccc(OC[C@H](O)CN3C[C@@H](C)O[C@@H](C)C3)cc2)C[C@@H](C)O1. The molecule has 2 fully saturated rings. The third kappa shape index (κ3) is 8.50. The smallest absolute Gasteiger partial charge is 0.119 e. The largest absolute Gasteiger partial charge is 0.491 e. The standard InChI is InChI=1S/C24H40N2O6/c1-17-9-25(10-18(2)31-17)13-21(27)15-29-23-5-7-24(8-6-23)30-16-22(28)14-26-11-19(3)32-20(4)12-26/h5-8,17-22,27-28H,9-16H2,1-4H3/t17-,18-,19-,20+,21+,22-/m1/s1. The zero-order chi connectivity index (χ0) is 23.1. The molecule has 0 radical (unpaired) electrons. The molecule has 182 valence electrons. The fraction of sp³-hybridized carbons (Fsp3) is 0.750. The molecule has 0 saturated carbocycles. The van der Waals surface area contributed by atoms with Gasteiger partial charge in [-0.2, -0.15) is 0 Å². The number of hydrogen-bond acceptors (Lipinski definition) is 8. The summed E-state index contributed by atoms with van der Waals surface area (Å²) in [6.07, 6.45) is -0.413. The van der Waals surface area contributed by atoms with E-state index in [4.69, 9.17) is 18.9 Å². The van der Waals surface area contributed by atoms with E-state index in [-0.39, 0.29) is 37.6 Å². The zero-order valence-corrected chi connectivity index (χ0v) is 19.9. The predicted octanol–water partition coefficient (Wildman–Crippen LogP) is 1.38. The highest BCUT2D eigenvalue weighted by atomic mass is 16.5. The summed E-state index contributed by atoms with van der Waals surface area (Å²) in [6, 6.07) is 7.27. The van der Waals surface area contributed by atoms with Crippen LogP contribution in [0.2, 0.25) is 0 Å². The van der Waals surface area contributed by atoms with Gasteiger partial charge in [0, 0.05) is 39.3 Å². The van der Waals surface area contributed by atoms with Gasteiger partial charge < -0.3 is 29.2 Å². The molecule has 3 rings (SSSR count). The number of aliphatic hydroxyl groups excluding tert-OH is 2. The lowest BCUT2D eigenvalue weighted by Gasteiger charge is -2.36. The van der Waals surface area contributed by atoms with Gasteiger partial charge in [-0.1, -0.05) is 0 Å². The first-order valence-corrected chi connectivity index (χ1v) is 11.7. The maximum Gasteiger partial charge on any atom is 0.119 e. The third-order valence-corrected chi connectivity index (χ3v) is 5.64. The van der Waals surface area contributed by atoms with Crippen LogP contribution in [0.25, 0.3) is 0 Å². The van der Waals surface area contributed by atoms with E-state index < -0.39 is 12.2 Å². The Hall–Kier alpha value is -1.42. The van der Waals surface area contributed by atoms with Gasteiger partial charge in [-0.3, -0.25) is 9.80 Å². The highest BCUT2D eigenvalue weighted by molar-refractivity contribution is 5.31. The predicted molar refractivity (Wildman–Crippen MR) is 122 cm³/mol. The summed E-state index contributed by atoms with van der Waals surface area (Å²) in [7, 11) is 0. The van der Waals surface area contributed by atoms with Crippen molar-refractivity contribution in [2.24, 2.45) is 0 Å². The normalized spacial score (nSPS) is 29.4. The number of β-amino-alcohol motifs (C(OH)–C–C–N with tert-alkyl or cyclic N) is 2. The first kappa shape index (κ1) is 25.2. The van der Waals surface area contributed by atoms with Crippen molar-refractivity contribution in [2.75, 3.05) is 52.5 Å². The van der Waals surface area contributed by atoms with Crippen LogP contribution in [-0.2, 0) is 9.47 Å². The van der Waals surface area contributed by atoms with Gasteiger partial charge in [0.1, 0.15) is 36.9 Å². The lowest BCUT2D eigenvalue weighted by Crippen LogP contribution is -2.48. The van der Waals surface area contributed by atoms with Gasteiger partial charge in [0.25, 0.3) is 0 Å². The molecule has 2 heterocycles. The molecule has 2 N–H and O–H groups in total. The van der Waals surface area contributed by atoms with Crippen molar-refractivity contribution < 1.29 is 29.2 Å². The zero-order valence-electron chi connectivity index (χ0n) is 19.9. The molecule has 0 bridgehead atoms. The van der Waals surface area contributed by atoms with E-state index in [1.165, 1.54) is 0 Å². The number of ether oxygens (including phenoxy) is 4. The van der Waals surface area contributed by atoms with Crippen LogP contribution < -0.4 is 9.47 Å². The molecule has 2 aliphatic rings. The maximum absolute atomic E-state index is 10.3. The Labute approximate surface area is 192 Å². The molecule has 32 heavy (non-hydrogen) atoms. The van der Waals surface area contributed by atoms with E-state index in [0.29, 0.717) is 24.6 Å². The Morgan fingerprint density at radius 1 is 0.719 bits per heavy atom. The van der Waals surface area contributed by atoms with E-state index in [2.05, 4.69) is 37.5 Å². The maximum atomic E-state index is 10.3. The quantitative estimate of drug-likeness (QED) is 0.551. The van der Waals surface area contributed by atoms with Crippen LogP contribution in [0, 0.1) is 0 Å². The van der Waals surface area contributed by atoms with Gasteiger partial charge in [-0.15, -0.1) is 0 Å². The average Bonchev–Trinajstić information content (AvgIpc) is 2.70. The lowest BCUT2D eigenvalue weighted by molar-refractivity contribution is -0.0790. The molecule has 0 unspecified atom stereocenters. The molecule has 0 spiro atoms. The molecule has 2 saturated heterocycles. The number of rotatable bonds is 10. The number of hydrogen-bond donors (Lipinski definition) is 2. The van der Waals surface area contributed by atoms with Crippen LogP contribution in [0.15, 0.2) is 24.3 Å². The molecule has 0 aliphatic carbocycles. The van der Waals surface area contributed by atoms with Crippen LogP contribution in [-0.4, -0.2) is 109 Å². The molecule has 0 aromatic heterocycles. The first-order chi connectivity index (χ1) is 15.3. The summed E-state index contributed by atoms with van der Waals surface area (Å²) < 4.78 is 22.9. The lowest BCUT2D eigenvalue weighted by atomic mass is 10.2. The fourth-order valence-corrected chi connectivity index (χ4v) is 4.59. The highest BCUT2D eigenvalue weighted by Gasteiger charge is 2.25. The minimum absolute atomic E-state index is 0.180. The van der Waals surface area contributed by atoms with Crippen LogP contribution in [0.4, 0.5) is 0 Å². The minimum Gasteiger partial charge on any atom is -0.491 e.